The molecule has 7 unspecified atom stereocenters. The Balaban J connectivity index is 0.00000139. The molecule has 7 heteroatoms. The van der Waals surface area contributed by atoms with Crippen molar-refractivity contribution in [2.45, 2.75) is 118 Å². The monoisotopic (exact) mass is 706 g/mol. The molecule has 8 atom stereocenters. The zero-order chi connectivity index (χ0) is 36.2. The van der Waals surface area contributed by atoms with Gasteiger partial charge in [-0.1, -0.05) is 65.3 Å². The topological polar surface area (TPSA) is 86.7 Å². The maximum atomic E-state index is 11.9. The van der Waals surface area contributed by atoms with E-state index in [0.29, 0.717) is 52.4 Å². The predicted molar refractivity (Wildman–Crippen MR) is 206 cm³/mol. The average Bonchev–Trinajstić information content (AvgIpc) is 3.48. The van der Waals surface area contributed by atoms with Crippen molar-refractivity contribution >= 4 is 21.4 Å². The van der Waals surface area contributed by atoms with E-state index in [0.717, 1.165) is 43.7 Å². The molecule has 1 aromatic carbocycles. The molecule has 1 aromatic rings. The van der Waals surface area contributed by atoms with Crippen molar-refractivity contribution in [1.29, 1.82) is 0 Å². The van der Waals surface area contributed by atoms with E-state index >= 15 is 0 Å². The number of carbonyl (C=O) groups is 1. The third-order valence-electron chi connectivity index (χ3n) is 15.9. The minimum absolute atomic E-state index is 0.0381. The second kappa shape index (κ2) is 13.8. The number of aromatic carboxylic acids is 1. The number of hydrogen-bond donors (Lipinski definition) is 2. The van der Waals surface area contributed by atoms with Crippen molar-refractivity contribution in [2.75, 3.05) is 37.7 Å². The van der Waals surface area contributed by atoms with Gasteiger partial charge in [-0.05, 0) is 153 Å². The van der Waals surface area contributed by atoms with Crippen LogP contribution in [0.4, 0.5) is 0 Å². The molecule has 7 rings (SSSR count). The first kappa shape index (κ1) is 37.8. The lowest BCUT2D eigenvalue weighted by Gasteiger charge is -2.72. The summed E-state index contributed by atoms with van der Waals surface area (Å²) in [5, 5.41) is 13.6. The van der Waals surface area contributed by atoms with Crippen molar-refractivity contribution in [1.82, 2.24) is 10.2 Å². The van der Waals surface area contributed by atoms with Crippen LogP contribution in [-0.2, 0) is 9.84 Å². The number of fused-ring (bicyclic) bond motifs is 7. The van der Waals surface area contributed by atoms with Crippen LogP contribution in [0.5, 0.6) is 0 Å². The lowest BCUT2D eigenvalue weighted by Crippen LogP contribution is -2.67. The van der Waals surface area contributed by atoms with Gasteiger partial charge in [0.1, 0.15) is 0 Å². The Kier molecular flexibility index (Phi) is 10.4. The number of carboxylic acid groups (broad SMARTS) is 1. The molecule has 0 bridgehead atoms. The van der Waals surface area contributed by atoms with Gasteiger partial charge in [-0.25, -0.2) is 13.2 Å². The SMILES string of the molecule is C=CC.CC1(C)C(c2ccc(C(=O)O)cc2)=CCC2(C)C1CCC1(C)C2CCC2C3CCCC3(NCCCN3CCS(=O)(=O)CC3)CC[C@]21C. The minimum Gasteiger partial charge on any atom is -0.478 e. The van der Waals surface area contributed by atoms with Gasteiger partial charge in [-0.15, -0.1) is 6.58 Å². The Morgan fingerprint density at radius 1 is 0.920 bits per heavy atom. The van der Waals surface area contributed by atoms with Crippen molar-refractivity contribution in [3.63, 3.8) is 0 Å². The van der Waals surface area contributed by atoms with Crippen LogP contribution in [0, 0.1) is 45.3 Å². The minimum atomic E-state index is -2.82. The number of allylic oxidation sites excluding steroid dienone is 3. The van der Waals surface area contributed by atoms with E-state index in [-0.39, 0.29) is 10.8 Å². The van der Waals surface area contributed by atoms with Gasteiger partial charge < -0.3 is 15.3 Å². The Labute approximate surface area is 303 Å². The Morgan fingerprint density at radius 3 is 2.26 bits per heavy atom. The summed E-state index contributed by atoms with van der Waals surface area (Å²) in [7, 11) is -2.82. The Hall–Kier alpha value is -1.96. The van der Waals surface area contributed by atoms with Gasteiger partial charge in [0, 0.05) is 18.6 Å². The number of nitrogens with one attached hydrogen (secondary N) is 1. The molecule has 1 aliphatic heterocycles. The van der Waals surface area contributed by atoms with Crippen molar-refractivity contribution in [2.24, 2.45) is 45.3 Å². The summed E-state index contributed by atoms with van der Waals surface area (Å²) < 4.78 is 23.7. The molecule has 6 aliphatic rings. The van der Waals surface area contributed by atoms with E-state index < -0.39 is 15.8 Å². The Bertz CT molecular complexity index is 1550. The number of sulfone groups is 1. The van der Waals surface area contributed by atoms with E-state index in [2.05, 4.69) is 57.5 Å². The van der Waals surface area contributed by atoms with E-state index in [1.807, 2.05) is 19.1 Å². The lowest BCUT2D eigenvalue weighted by atomic mass is 9.33. The fourth-order valence-electron chi connectivity index (χ4n) is 13.4. The van der Waals surface area contributed by atoms with Crippen molar-refractivity contribution in [3.05, 3.63) is 54.1 Å². The molecule has 0 amide bonds. The molecule has 0 radical (unpaired) electrons. The first-order valence-electron chi connectivity index (χ1n) is 19.9. The molecule has 2 N–H and O–H groups in total. The molecule has 1 heterocycles. The smallest absolute Gasteiger partial charge is 0.335 e. The summed E-state index contributed by atoms with van der Waals surface area (Å²) >= 11 is 0. The highest BCUT2D eigenvalue weighted by molar-refractivity contribution is 7.91. The molecule has 1 saturated heterocycles. The van der Waals surface area contributed by atoms with Gasteiger partial charge in [-0.2, -0.15) is 0 Å². The maximum absolute atomic E-state index is 11.9. The summed E-state index contributed by atoms with van der Waals surface area (Å²) in [6.07, 6.45) is 18.5. The summed E-state index contributed by atoms with van der Waals surface area (Å²) in [4.78, 5) is 13.9. The first-order valence-corrected chi connectivity index (χ1v) is 21.7. The first-order chi connectivity index (χ1) is 23.6. The average molecular weight is 707 g/mol. The second-order valence-corrected chi connectivity index (χ2v) is 20.7. The number of rotatable bonds is 7. The normalized spacial score (nSPS) is 40.1. The van der Waals surface area contributed by atoms with Crippen molar-refractivity contribution in [3.8, 4) is 0 Å². The third-order valence-corrected chi connectivity index (χ3v) is 17.6. The third kappa shape index (κ3) is 6.27. The Morgan fingerprint density at radius 2 is 1.60 bits per heavy atom. The fraction of sp³-hybridized carbons (Fsp3) is 0.744. The van der Waals surface area contributed by atoms with Crippen molar-refractivity contribution < 1.29 is 18.3 Å². The van der Waals surface area contributed by atoms with Gasteiger partial charge in [0.25, 0.3) is 0 Å². The van der Waals surface area contributed by atoms with Crippen LogP contribution in [0.1, 0.15) is 128 Å². The van der Waals surface area contributed by atoms with Crippen LogP contribution in [0.15, 0.2) is 43.0 Å². The zero-order valence-corrected chi connectivity index (χ0v) is 32.8. The van der Waals surface area contributed by atoms with E-state index in [9.17, 15) is 18.3 Å². The standard InChI is InChI=1S/C40H60N2O4S.C3H6/c1-36(2)30(28-9-11-29(12-10-28)35(43)44)15-18-37(3)33(36)16-19-39(5)34(37)14-13-31-32-8-6-17-40(32,21-20-38(31,39)4)41-22-7-23-42-24-26-47(45,46)27-25-42;1-3-2/h9-12,15,31-34,41H,6-8,13-14,16-27H2,1-5H3,(H,43,44);3H,1H2,2H3/t31?,32?,33?,34?,37?,38-,39?,40?;/m1./s1. The molecule has 5 fully saturated rings. The van der Waals surface area contributed by atoms with Crippen LogP contribution >= 0.6 is 0 Å². The fourth-order valence-corrected chi connectivity index (χ4v) is 14.7. The summed E-state index contributed by atoms with van der Waals surface area (Å²) in [6, 6.07) is 7.60. The number of nitrogens with zero attached hydrogens (tertiary/aromatic N) is 1. The molecule has 6 nitrogen and oxygen atoms in total. The highest BCUT2D eigenvalue weighted by Gasteiger charge is 2.69. The molecule has 278 valence electrons. The largest absolute Gasteiger partial charge is 0.478 e. The number of hydrogen-bond acceptors (Lipinski definition) is 5. The van der Waals surface area contributed by atoms with Crippen LogP contribution in [0.25, 0.3) is 5.57 Å². The molecule has 0 spiro atoms. The van der Waals surface area contributed by atoms with E-state index in [1.54, 1.807) is 18.2 Å². The molecule has 4 saturated carbocycles. The van der Waals surface area contributed by atoms with Gasteiger partial charge >= 0.3 is 5.97 Å². The molecule has 50 heavy (non-hydrogen) atoms. The van der Waals surface area contributed by atoms with Gasteiger partial charge in [0.05, 0.1) is 17.1 Å². The van der Waals surface area contributed by atoms with Crippen LogP contribution < -0.4 is 5.32 Å². The summed E-state index contributed by atoms with van der Waals surface area (Å²) in [6.45, 7) is 21.7. The number of benzene rings is 1. The summed E-state index contributed by atoms with van der Waals surface area (Å²) in [5.74, 6) is 2.68. The highest BCUT2D eigenvalue weighted by Crippen LogP contribution is 2.76. The number of carboxylic acids is 1. The highest BCUT2D eigenvalue weighted by atomic mass is 32.2. The van der Waals surface area contributed by atoms with Gasteiger partial charge in [-0.3, -0.25) is 0 Å². The van der Waals surface area contributed by atoms with E-state index in [4.69, 9.17) is 0 Å². The van der Waals surface area contributed by atoms with Crippen LogP contribution in [-0.4, -0.2) is 67.6 Å². The lowest BCUT2D eigenvalue weighted by molar-refractivity contribution is -0.217. The van der Waals surface area contributed by atoms with Gasteiger partial charge in [0.2, 0.25) is 0 Å². The molecular formula is C43H66N2O4S. The molecule has 0 aromatic heterocycles. The molecular weight excluding hydrogens is 641 g/mol. The maximum Gasteiger partial charge on any atom is 0.335 e. The van der Waals surface area contributed by atoms with Crippen LogP contribution in [0.3, 0.4) is 0 Å². The summed E-state index contributed by atoms with van der Waals surface area (Å²) in [5.41, 5.74) is 4.26. The van der Waals surface area contributed by atoms with Crippen LogP contribution in [0.2, 0.25) is 0 Å². The van der Waals surface area contributed by atoms with Gasteiger partial charge in [0.15, 0.2) is 9.84 Å². The van der Waals surface area contributed by atoms with E-state index in [1.165, 1.54) is 68.9 Å². The second-order valence-electron chi connectivity index (χ2n) is 18.4. The zero-order valence-electron chi connectivity index (χ0n) is 32.0. The quantitative estimate of drug-likeness (QED) is 0.218. The predicted octanol–water partition coefficient (Wildman–Crippen LogP) is 8.89. The molecule has 5 aliphatic carbocycles.